The molecule has 2 saturated heterocycles. The van der Waals surface area contributed by atoms with Crippen molar-refractivity contribution in [1.82, 2.24) is 31.6 Å². The van der Waals surface area contributed by atoms with Crippen LogP contribution in [0.15, 0.2) is 18.3 Å². The van der Waals surface area contributed by atoms with Gasteiger partial charge in [0, 0.05) is 115 Å². The van der Waals surface area contributed by atoms with Gasteiger partial charge in [-0.3, -0.25) is 38.4 Å². The second kappa shape index (κ2) is 48.4. The third kappa shape index (κ3) is 38.0. The number of hydrogen-bond donors (Lipinski definition) is 7. The van der Waals surface area contributed by atoms with Gasteiger partial charge in [-0.15, -0.1) is 0 Å². The maximum absolute atomic E-state index is 12.8. The number of thioether (sulfide) groups is 1. The molecule has 0 aliphatic carbocycles. The molecular weight excluding hydrogens is 1070 g/mol. The molecule has 5 amide bonds. The average Bonchev–Trinajstić information content (AvgIpc) is 4.17. The summed E-state index contributed by atoms with van der Waals surface area (Å²) in [6.07, 6.45) is 22.5. The van der Waals surface area contributed by atoms with Gasteiger partial charge in [0.2, 0.25) is 11.8 Å². The standard InChI is InChI=1S/C41H67N5O8.C20H36N2O5S/c1-3-4-22-36(49)35(46-39(51)28-26-34(48)20-11-6-8-14-24-40(52)53)21-15-17-29-43-38(50)23-13-7-5-10-18-33(47)19-12-9-16-30-44-41(54)32-25-27-37(42-2)45-31-32;1-2-25-11-12-27-14-13-26-10-6-5-8-16(23)7-3-4-9-18-19-17(15-28-18)21-20(24)22-19/h25,27,31,35H,3-24,26,28-30H2,1-2H3,(H,42,45)(H,43,50)(H,44,54)(H,46,51)(H,52,53);17-19H,2-15H2,1H3,(H2,21,22,24)/t35-;17-,18-,19-/m00/s1. The molecule has 2 aliphatic heterocycles. The van der Waals surface area contributed by atoms with Gasteiger partial charge in [-0.2, -0.15) is 11.8 Å². The van der Waals surface area contributed by atoms with E-state index in [0.717, 1.165) is 115 Å². The van der Waals surface area contributed by atoms with Crippen molar-refractivity contribution in [3.63, 3.8) is 0 Å². The number of hydrogen-bond acceptors (Lipinski definition) is 15. The number of urea groups is 1. The van der Waals surface area contributed by atoms with Crippen molar-refractivity contribution in [3.8, 4) is 0 Å². The molecule has 0 radical (unpaired) electrons. The van der Waals surface area contributed by atoms with E-state index in [-0.39, 0.29) is 72.4 Å². The predicted octanol–water partition coefficient (Wildman–Crippen LogP) is 9.15. The van der Waals surface area contributed by atoms with Gasteiger partial charge in [0.05, 0.1) is 50.1 Å². The number of unbranched alkanes of at least 4 members (excludes halogenated alkanes) is 12. The third-order valence-corrected chi connectivity index (χ3v) is 15.9. The Balaban J connectivity index is 0.000000682. The van der Waals surface area contributed by atoms with E-state index in [1.54, 1.807) is 19.2 Å². The number of ketones is 4. The van der Waals surface area contributed by atoms with Gasteiger partial charge in [0.15, 0.2) is 5.78 Å². The van der Waals surface area contributed by atoms with Crippen LogP contribution in [0.3, 0.4) is 0 Å². The van der Waals surface area contributed by atoms with E-state index in [0.29, 0.717) is 146 Å². The molecule has 3 rings (SSSR count). The smallest absolute Gasteiger partial charge is 0.315 e. The second-order valence-corrected chi connectivity index (χ2v) is 22.6. The minimum absolute atomic E-state index is 0.00635. The first-order chi connectivity index (χ1) is 39.8. The lowest BCUT2D eigenvalue weighted by Gasteiger charge is -2.18. The van der Waals surface area contributed by atoms with Gasteiger partial charge < -0.3 is 51.2 Å². The first-order valence-electron chi connectivity index (χ1n) is 31.0. The second-order valence-electron chi connectivity index (χ2n) is 21.4. The van der Waals surface area contributed by atoms with Crippen LogP contribution in [-0.2, 0) is 47.8 Å². The number of carbonyl (C=O) groups is 9. The number of carboxylic acid groups (broad SMARTS) is 1. The number of aromatic nitrogens is 1. The number of nitrogens with zero attached hydrogens (tertiary/aromatic N) is 1. The molecule has 20 nitrogen and oxygen atoms in total. The number of anilines is 1. The van der Waals surface area contributed by atoms with Crippen molar-refractivity contribution >= 4 is 70.4 Å². The highest BCUT2D eigenvalue weighted by Gasteiger charge is 2.42. The molecule has 0 bridgehead atoms. The minimum Gasteiger partial charge on any atom is -0.481 e. The summed E-state index contributed by atoms with van der Waals surface area (Å²) in [6.45, 7) is 8.85. The van der Waals surface area contributed by atoms with Crippen LogP contribution in [0.5, 0.6) is 0 Å². The summed E-state index contributed by atoms with van der Waals surface area (Å²) in [7, 11) is 1.77. The summed E-state index contributed by atoms with van der Waals surface area (Å²) < 4.78 is 16.1. The van der Waals surface area contributed by atoms with Gasteiger partial charge in [-0.1, -0.05) is 51.9 Å². The number of amides is 5. The lowest BCUT2D eigenvalue weighted by molar-refractivity contribution is -0.137. The number of carbonyl (C=O) groups excluding carboxylic acids is 8. The molecule has 3 heterocycles. The molecule has 0 saturated carbocycles. The number of carboxylic acids is 1. The highest BCUT2D eigenvalue weighted by atomic mass is 32.2. The SMILES string of the molecule is CCCCC(=O)[C@H](CCCCNC(=O)CCCCCCC(=O)CCCCCNC(=O)c1ccc(NC)nc1)NC(=O)CCC(=O)CCCCCCC(=O)O.CCOCCOCCOCCCCC(=O)CCCC[C@@H]1SC[C@@H]2NC(=O)N[C@@H]21. The molecule has 21 heteroatoms. The Bertz CT molecular complexity index is 1980. The molecule has 466 valence electrons. The average molecular weight is 1170 g/mol. The van der Waals surface area contributed by atoms with Crippen LogP contribution in [0.2, 0.25) is 0 Å². The fraction of sp³-hybridized carbons (Fsp3) is 0.770. The van der Waals surface area contributed by atoms with Crippen molar-refractivity contribution in [3.05, 3.63) is 23.9 Å². The number of rotatable bonds is 52. The summed E-state index contributed by atoms with van der Waals surface area (Å²) >= 11 is 1.93. The fourth-order valence-electron chi connectivity index (χ4n) is 9.46. The monoisotopic (exact) mass is 1170 g/mol. The van der Waals surface area contributed by atoms with Crippen LogP contribution in [-0.4, -0.2) is 152 Å². The van der Waals surface area contributed by atoms with Crippen LogP contribution < -0.4 is 31.9 Å². The number of nitrogens with one attached hydrogen (secondary N) is 6. The van der Waals surface area contributed by atoms with Crippen LogP contribution in [0, 0.1) is 0 Å². The topological polar surface area (TPSA) is 287 Å². The predicted molar refractivity (Wildman–Crippen MR) is 321 cm³/mol. The zero-order chi connectivity index (χ0) is 59.8. The summed E-state index contributed by atoms with van der Waals surface area (Å²) in [5.74, 6) is 1.00. The molecule has 2 fully saturated rings. The van der Waals surface area contributed by atoms with E-state index >= 15 is 0 Å². The molecule has 0 spiro atoms. The number of Topliss-reactive ketones (excluding diaryl/α,β-unsaturated/α-hetero) is 4. The van der Waals surface area contributed by atoms with Crippen LogP contribution in [0.25, 0.3) is 0 Å². The summed E-state index contributed by atoms with van der Waals surface area (Å²) in [5.41, 5.74) is 0.517. The molecule has 4 atom stereocenters. The van der Waals surface area contributed by atoms with Gasteiger partial charge in [-0.25, -0.2) is 9.78 Å². The Kier molecular flexibility index (Phi) is 43.1. The Morgan fingerprint density at radius 3 is 1.80 bits per heavy atom. The highest BCUT2D eigenvalue weighted by Crippen LogP contribution is 2.33. The Morgan fingerprint density at radius 1 is 0.610 bits per heavy atom. The summed E-state index contributed by atoms with van der Waals surface area (Å²) in [4.78, 5) is 112. The van der Waals surface area contributed by atoms with Gasteiger partial charge in [-0.05, 0) is 109 Å². The van der Waals surface area contributed by atoms with Crippen molar-refractivity contribution in [1.29, 1.82) is 0 Å². The number of aliphatic carboxylic acids is 1. The third-order valence-electron chi connectivity index (χ3n) is 14.4. The van der Waals surface area contributed by atoms with Crippen molar-refractivity contribution < 1.29 is 62.5 Å². The molecule has 1 aromatic heterocycles. The minimum atomic E-state index is -0.816. The quantitative estimate of drug-likeness (QED) is 0.0236. The molecule has 1 aromatic rings. The Labute approximate surface area is 493 Å². The highest BCUT2D eigenvalue weighted by molar-refractivity contribution is 8.00. The zero-order valence-electron chi connectivity index (χ0n) is 50.0. The fourth-order valence-corrected chi connectivity index (χ4v) is 11.0. The first kappa shape index (κ1) is 73.1. The lowest BCUT2D eigenvalue weighted by Crippen LogP contribution is -2.41. The lowest BCUT2D eigenvalue weighted by atomic mass is 10.0. The van der Waals surface area contributed by atoms with Crippen LogP contribution in [0.4, 0.5) is 10.6 Å². The van der Waals surface area contributed by atoms with E-state index in [9.17, 15) is 43.2 Å². The van der Waals surface area contributed by atoms with Crippen molar-refractivity contribution in [2.24, 2.45) is 0 Å². The summed E-state index contributed by atoms with van der Waals surface area (Å²) in [6, 6.07) is 3.40. The zero-order valence-corrected chi connectivity index (χ0v) is 50.8. The van der Waals surface area contributed by atoms with Crippen LogP contribution >= 0.6 is 11.8 Å². The first-order valence-corrected chi connectivity index (χ1v) is 32.0. The number of fused-ring (bicyclic) bond motifs is 1. The van der Waals surface area contributed by atoms with E-state index in [1.807, 2.05) is 25.6 Å². The molecule has 2 aliphatic rings. The van der Waals surface area contributed by atoms with E-state index < -0.39 is 12.0 Å². The molecular formula is C61H103N7O13S. The van der Waals surface area contributed by atoms with Crippen LogP contribution in [0.1, 0.15) is 223 Å². The maximum atomic E-state index is 12.8. The summed E-state index contributed by atoms with van der Waals surface area (Å²) in [5, 5.41) is 26.7. The molecule has 82 heavy (non-hydrogen) atoms. The van der Waals surface area contributed by atoms with E-state index in [4.69, 9.17) is 19.3 Å². The van der Waals surface area contributed by atoms with Crippen molar-refractivity contribution in [2.45, 2.75) is 236 Å². The van der Waals surface area contributed by atoms with Crippen molar-refractivity contribution in [2.75, 3.05) is 70.8 Å². The largest absolute Gasteiger partial charge is 0.481 e. The van der Waals surface area contributed by atoms with E-state index in [1.165, 1.54) is 6.20 Å². The van der Waals surface area contributed by atoms with Gasteiger partial charge in [0.1, 0.15) is 23.2 Å². The number of ether oxygens (including phenoxy) is 3. The molecule has 7 N–H and O–H groups in total. The van der Waals surface area contributed by atoms with Gasteiger partial charge in [0.25, 0.3) is 5.91 Å². The molecule has 0 unspecified atom stereocenters. The Morgan fingerprint density at radius 2 is 1.18 bits per heavy atom. The Hall–Kier alpha value is -4.99. The van der Waals surface area contributed by atoms with E-state index in [2.05, 4.69) is 36.9 Å². The molecule has 0 aromatic carbocycles. The maximum Gasteiger partial charge on any atom is 0.315 e. The van der Waals surface area contributed by atoms with Gasteiger partial charge >= 0.3 is 12.0 Å². The normalized spacial score (nSPS) is 15.5. The number of pyridine rings is 1.